The molecule has 2 aromatic heterocycles. The first kappa shape index (κ1) is 18.9. The van der Waals surface area contributed by atoms with Crippen LogP contribution in [0.4, 0.5) is 5.82 Å². The van der Waals surface area contributed by atoms with Crippen LogP contribution in [0.5, 0.6) is 0 Å². The molecule has 1 fully saturated rings. The van der Waals surface area contributed by atoms with Gasteiger partial charge in [-0.25, -0.2) is 0 Å². The number of anilines is 1. The molecule has 1 aliphatic carbocycles. The molecule has 8 heteroatoms. The van der Waals surface area contributed by atoms with E-state index < -0.39 is 0 Å². The van der Waals surface area contributed by atoms with E-state index in [0.29, 0.717) is 17.1 Å². The molecule has 1 saturated carbocycles. The maximum absolute atomic E-state index is 12.3. The lowest BCUT2D eigenvalue weighted by Gasteiger charge is -2.13. The van der Waals surface area contributed by atoms with E-state index in [9.17, 15) is 9.59 Å². The highest BCUT2D eigenvalue weighted by molar-refractivity contribution is 5.94. The van der Waals surface area contributed by atoms with Crippen molar-refractivity contribution in [2.45, 2.75) is 44.6 Å². The molecule has 1 aliphatic rings. The molecular weight excluding hydrogens is 370 g/mol. The number of carbonyl (C=O) groups is 2. The van der Waals surface area contributed by atoms with Crippen molar-refractivity contribution in [3.8, 4) is 0 Å². The molecular formula is C21H23N5O3. The normalized spacial score (nSPS) is 18.5. The Balaban J connectivity index is 1.29. The second-order valence-electron chi connectivity index (χ2n) is 7.41. The number of nitrogens with one attached hydrogen (secondary N) is 3. The number of nitrogens with zero attached hydrogens (tertiary/aromatic N) is 2. The number of H-pyrrole nitrogens is 1. The van der Waals surface area contributed by atoms with Gasteiger partial charge in [0.05, 0.1) is 12.1 Å². The van der Waals surface area contributed by atoms with Gasteiger partial charge in [-0.15, -0.1) is 0 Å². The van der Waals surface area contributed by atoms with Crippen LogP contribution in [-0.4, -0.2) is 33.2 Å². The van der Waals surface area contributed by atoms with Gasteiger partial charge in [-0.05, 0) is 38.3 Å². The van der Waals surface area contributed by atoms with Gasteiger partial charge in [0.15, 0.2) is 5.82 Å². The van der Waals surface area contributed by atoms with E-state index >= 15 is 0 Å². The summed E-state index contributed by atoms with van der Waals surface area (Å²) in [6.07, 6.45) is 2.81. The first-order chi connectivity index (χ1) is 14.1. The Kier molecular flexibility index (Phi) is 5.41. The molecule has 0 spiro atoms. The third kappa shape index (κ3) is 4.71. The molecule has 29 heavy (non-hydrogen) atoms. The molecule has 2 heterocycles. The first-order valence-electron chi connectivity index (χ1n) is 9.70. The fourth-order valence-corrected chi connectivity index (χ4v) is 3.71. The highest BCUT2D eigenvalue weighted by atomic mass is 16.5. The summed E-state index contributed by atoms with van der Waals surface area (Å²) in [5, 5.41) is 16.9. The summed E-state index contributed by atoms with van der Waals surface area (Å²) in [7, 11) is 0. The topological polar surface area (TPSA) is 113 Å². The van der Waals surface area contributed by atoms with Gasteiger partial charge < -0.3 is 15.2 Å². The van der Waals surface area contributed by atoms with Crippen LogP contribution in [0.25, 0.3) is 0 Å². The van der Waals surface area contributed by atoms with Gasteiger partial charge in [-0.2, -0.15) is 5.10 Å². The van der Waals surface area contributed by atoms with Gasteiger partial charge in [0, 0.05) is 35.3 Å². The van der Waals surface area contributed by atoms with Crippen LogP contribution in [0.2, 0.25) is 0 Å². The molecule has 8 nitrogen and oxygen atoms in total. The Hall–Kier alpha value is -3.42. The average Bonchev–Trinajstić information content (AvgIpc) is 3.44. The second kappa shape index (κ2) is 8.30. The van der Waals surface area contributed by atoms with Crippen LogP contribution in [0.15, 0.2) is 47.0 Å². The number of carbonyl (C=O) groups excluding carboxylic acids is 2. The number of aromatic nitrogens is 3. The van der Waals surface area contributed by atoms with Crippen LogP contribution in [0.3, 0.4) is 0 Å². The van der Waals surface area contributed by atoms with E-state index in [1.807, 2.05) is 43.3 Å². The number of hydrogen-bond donors (Lipinski definition) is 3. The van der Waals surface area contributed by atoms with Crippen molar-refractivity contribution in [3.63, 3.8) is 0 Å². The molecule has 3 N–H and O–H groups in total. The summed E-state index contributed by atoms with van der Waals surface area (Å²) in [6.45, 7) is 1.81. The Labute approximate surface area is 168 Å². The van der Waals surface area contributed by atoms with Crippen LogP contribution >= 0.6 is 0 Å². The van der Waals surface area contributed by atoms with Crippen molar-refractivity contribution < 1.29 is 14.1 Å². The third-order valence-electron chi connectivity index (χ3n) is 5.12. The fourth-order valence-electron chi connectivity index (χ4n) is 3.71. The number of rotatable bonds is 6. The van der Waals surface area contributed by atoms with E-state index in [0.717, 1.165) is 30.7 Å². The summed E-state index contributed by atoms with van der Waals surface area (Å²) in [6, 6.07) is 12.9. The zero-order valence-corrected chi connectivity index (χ0v) is 16.1. The molecule has 0 aliphatic heterocycles. The maximum Gasteiger partial charge on any atom is 0.251 e. The molecule has 0 radical (unpaired) electrons. The van der Waals surface area contributed by atoms with Crippen LogP contribution in [0, 0.1) is 6.92 Å². The molecule has 3 aromatic rings. The summed E-state index contributed by atoms with van der Waals surface area (Å²) in [5.41, 5.74) is 2.38. The minimum atomic E-state index is -0.210. The molecule has 0 unspecified atom stereocenters. The number of benzene rings is 1. The number of aryl methyl sites for hydroxylation is 1. The summed E-state index contributed by atoms with van der Waals surface area (Å²) in [5.74, 6) is 1.02. The van der Waals surface area contributed by atoms with E-state index in [4.69, 9.17) is 4.52 Å². The van der Waals surface area contributed by atoms with Crippen molar-refractivity contribution >= 4 is 17.6 Å². The predicted molar refractivity (Wildman–Crippen MR) is 106 cm³/mol. The van der Waals surface area contributed by atoms with Crippen LogP contribution in [0.1, 0.15) is 52.7 Å². The smallest absolute Gasteiger partial charge is 0.251 e. The predicted octanol–water partition coefficient (Wildman–Crippen LogP) is 2.95. The first-order valence-corrected chi connectivity index (χ1v) is 9.70. The molecule has 2 amide bonds. The van der Waals surface area contributed by atoms with Gasteiger partial charge in [0.1, 0.15) is 5.76 Å². The molecule has 4 rings (SSSR count). The van der Waals surface area contributed by atoms with Crippen molar-refractivity contribution in [2.24, 2.45) is 0 Å². The van der Waals surface area contributed by atoms with Crippen molar-refractivity contribution in [2.75, 3.05) is 5.32 Å². The van der Waals surface area contributed by atoms with E-state index in [-0.39, 0.29) is 30.2 Å². The average molecular weight is 393 g/mol. The van der Waals surface area contributed by atoms with Gasteiger partial charge >= 0.3 is 0 Å². The quantitative estimate of drug-likeness (QED) is 0.596. The zero-order valence-electron chi connectivity index (χ0n) is 16.1. The Morgan fingerprint density at radius 1 is 1.21 bits per heavy atom. The third-order valence-corrected chi connectivity index (χ3v) is 5.12. The molecule has 150 valence electrons. The van der Waals surface area contributed by atoms with Crippen molar-refractivity contribution in [3.05, 3.63) is 65.2 Å². The minimum Gasteiger partial charge on any atom is -0.361 e. The highest BCUT2D eigenvalue weighted by Gasteiger charge is 2.28. The van der Waals surface area contributed by atoms with Crippen molar-refractivity contribution in [1.29, 1.82) is 0 Å². The molecule has 1 aromatic carbocycles. The van der Waals surface area contributed by atoms with Crippen LogP contribution in [-0.2, 0) is 11.2 Å². The molecule has 2 atom stereocenters. The lowest BCUT2D eigenvalue weighted by molar-refractivity contribution is -0.115. The van der Waals surface area contributed by atoms with Crippen molar-refractivity contribution in [1.82, 2.24) is 20.7 Å². The summed E-state index contributed by atoms with van der Waals surface area (Å²) >= 11 is 0. The fraction of sp³-hybridized carbons (Fsp3) is 0.333. The van der Waals surface area contributed by atoms with E-state index in [1.165, 1.54) is 0 Å². The van der Waals surface area contributed by atoms with Gasteiger partial charge in [-0.1, -0.05) is 23.4 Å². The second-order valence-corrected chi connectivity index (χ2v) is 7.41. The number of amides is 2. The highest BCUT2D eigenvalue weighted by Crippen LogP contribution is 2.34. The van der Waals surface area contributed by atoms with E-state index in [2.05, 4.69) is 26.0 Å². The zero-order chi connectivity index (χ0) is 20.2. The Morgan fingerprint density at radius 3 is 2.79 bits per heavy atom. The summed E-state index contributed by atoms with van der Waals surface area (Å²) < 4.78 is 5.06. The van der Waals surface area contributed by atoms with Gasteiger partial charge in [-0.3, -0.25) is 14.7 Å². The monoisotopic (exact) mass is 393 g/mol. The van der Waals surface area contributed by atoms with Crippen LogP contribution < -0.4 is 10.6 Å². The maximum atomic E-state index is 12.3. The lowest BCUT2D eigenvalue weighted by atomic mass is 10.0. The SMILES string of the molecule is Cc1cc(CC(=O)Nc2cc([C@H]3CC[C@@H](NC(=O)c4ccccc4)C3)[nH]n2)on1. The summed E-state index contributed by atoms with van der Waals surface area (Å²) in [4.78, 5) is 24.5. The van der Waals surface area contributed by atoms with Gasteiger partial charge in [0.25, 0.3) is 5.91 Å². The molecule has 0 bridgehead atoms. The largest absolute Gasteiger partial charge is 0.361 e. The standard InChI is InChI=1S/C21H23N5O3/c1-13-9-17(29-26-13)11-20(27)23-19-12-18(24-25-19)15-7-8-16(10-15)22-21(28)14-5-3-2-4-6-14/h2-6,9,12,15-16H,7-8,10-11H2,1H3,(H,22,28)(H2,23,24,25,27)/t15-,16+/m0/s1. The Bertz CT molecular complexity index is 995. The number of hydrogen-bond acceptors (Lipinski definition) is 5. The number of aromatic amines is 1. The van der Waals surface area contributed by atoms with Gasteiger partial charge in [0.2, 0.25) is 5.91 Å². The Morgan fingerprint density at radius 2 is 2.03 bits per heavy atom. The van der Waals surface area contributed by atoms with E-state index in [1.54, 1.807) is 6.07 Å². The molecule has 0 saturated heterocycles. The minimum absolute atomic E-state index is 0.0449. The lowest BCUT2D eigenvalue weighted by Crippen LogP contribution is -2.32.